The fourth-order valence-electron chi connectivity index (χ4n) is 4.96. The van der Waals surface area contributed by atoms with E-state index in [1.54, 1.807) is 25.3 Å². The number of hydrogen-bond donors (Lipinski definition) is 1. The third-order valence-corrected chi connectivity index (χ3v) is 8.28. The lowest BCUT2D eigenvalue weighted by molar-refractivity contribution is -0.140. The average molecular weight is 602 g/mol. The molecule has 0 fully saturated rings. The number of carbonyl (C=O) groups is 2. The lowest BCUT2D eigenvalue weighted by atomic mass is 10.0. The summed E-state index contributed by atoms with van der Waals surface area (Å²) in [7, 11) is -2.32. The SMILES string of the molecule is COc1cccc(CN(C(=O)CN(c2cccc3ccccc23)S(C)(=O)=O)C(Cc2ccccc2)C(=O)NCC(C)C)c1. The Balaban J connectivity index is 1.78. The molecule has 8 nitrogen and oxygen atoms in total. The standard InChI is InChI=1S/C34H39N3O5S/c1-25(2)22-35-34(39)32(21-26-12-6-5-7-13-26)36(23-27-14-10-17-29(20-27)42-3)33(38)24-37(43(4,40)41)31-19-11-16-28-15-8-9-18-30(28)31/h5-20,25,32H,21-24H2,1-4H3,(H,35,39). The maximum Gasteiger partial charge on any atom is 0.244 e. The van der Waals surface area contributed by atoms with Crippen LogP contribution in [0.1, 0.15) is 25.0 Å². The third kappa shape index (κ3) is 8.35. The predicted molar refractivity (Wildman–Crippen MR) is 171 cm³/mol. The zero-order valence-electron chi connectivity index (χ0n) is 25.1. The van der Waals surface area contributed by atoms with Gasteiger partial charge in [-0.2, -0.15) is 0 Å². The van der Waals surface area contributed by atoms with Gasteiger partial charge in [-0.1, -0.05) is 92.7 Å². The normalized spacial score (nSPS) is 12.1. The van der Waals surface area contributed by atoms with Crippen LogP contribution in [0.4, 0.5) is 5.69 Å². The first-order chi connectivity index (χ1) is 20.6. The van der Waals surface area contributed by atoms with E-state index < -0.39 is 28.5 Å². The van der Waals surface area contributed by atoms with Crippen LogP contribution in [0.3, 0.4) is 0 Å². The van der Waals surface area contributed by atoms with Crippen LogP contribution in [-0.4, -0.2) is 57.6 Å². The van der Waals surface area contributed by atoms with Crippen molar-refractivity contribution in [3.05, 3.63) is 108 Å². The molecule has 4 aromatic rings. The molecule has 43 heavy (non-hydrogen) atoms. The second-order valence-electron chi connectivity index (χ2n) is 11.0. The molecule has 0 saturated carbocycles. The molecule has 0 aliphatic heterocycles. The number of rotatable bonds is 13. The highest BCUT2D eigenvalue weighted by Crippen LogP contribution is 2.29. The van der Waals surface area contributed by atoms with E-state index in [1.807, 2.05) is 92.7 Å². The predicted octanol–water partition coefficient (Wildman–Crippen LogP) is 5.03. The number of nitrogens with one attached hydrogen (secondary N) is 1. The Hall–Kier alpha value is -4.37. The zero-order chi connectivity index (χ0) is 31.0. The number of sulfonamides is 1. The molecule has 4 aromatic carbocycles. The maximum absolute atomic E-state index is 14.4. The summed E-state index contributed by atoms with van der Waals surface area (Å²) in [6, 6.07) is 28.7. The van der Waals surface area contributed by atoms with Gasteiger partial charge in [-0.3, -0.25) is 13.9 Å². The average Bonchev–Trinajstić information content (AvgIpc) is 3.00. The minimum atomic E-state index is -3.88. The van der Waals surface area contributed by atoms with Gasteiger partial charge in [-0.05, 0) is 40.6 Å². The summed E-state index contributed by atoms with van der Waals surface area (Å²) < 4.78 is 32.9. The number of amides is 2. The molecule has 2 amide bonds. The first-order valence-corrected chi connectivity index (χ1v) is 16.1. The van der Waals surface area contributed by atoms with Crippen molar-refractivity contribution in [2.45, 2.75) is 32.9 Å². The number of hydrogen-bond acceptors (Lipinski definition) is 5. The van der Waals surface area contributed by atoms with Gasteiger partial charge in [0.25, 0.3) is 0 Å². The second kappa shape index (κ2) is 14.2. The van der Waals surface area contributed by atoms with Gasteiger partial charge in [0.05, 0.1) is 19.1 Å². The molecule has 0 bridgehead atoms. The van der Waals surface area contributed by atoms with Crippen LogP contribution >= 0.6 is 0 Å². The number of benzene rings is 4. The van der Waals surface area contributed by atoms with Gasteiger partial charge < -0.3 is 15.0 Å². The van der Waals surface area contributed by atoms with Crippen LogP contribution in [-0.2, 0) is 32.6 Å². The van der Waals surface area contributed by atoms with Crippen LogP contribution in [0.25, 0.3) is 10.8 Å². The number of ether oxygens (including phenoxy) is 1. The highest BCUT2D eigenvalue weighted by Gasteiger charge is 2.33. The first-order valence-electron chi connectivity index (χ1n) is 14.3. The van der Waals surface area contributed by atoms with Gasteiger partial charge >= 0.3 is 0 Å². The molecular weight excluding hydrogens is 562 g/mol. The van der Waals surface area contributed by atoms with Crippen molar-refractivity contribution in [3.8, 4) is 5.75 Å². The van der Waals surface area contributed by atoms with Gasteiger partial charge in [-0.25, -0.2) is 8.42 Å². The molecule has 0 radical (unpaired) electrons. The molecule has 0 saturated heterocycles. The Morgan fingerprint density at radius 3 is 2.21 bits per heavy atom. The molecule has 0 heterocycles. The topological polar surface area (TPSA) is 96.0 Å². The van der Waals surface area contributed by atoms with E-state index in [9.17, 15) is 18.0 Å². The summed E-state index contributed by atoms with van der Waals surface area (Å²) in [5.41, 5.74) is 2.03. The second-order valence-corrected chi connectivity index (χ2v) is 12.9. The van der Waals surface area contributed by atoms with Crippen molar-refractivity contribution in [1.82, 2.24) is 10.2 Å². The van der Waals surface area contributed by atoms with E-state index in [0.29, 0.717) is 23.4 Å². The summed E-state index contributed by atoms with van der Waals surface area (Å²) >= 11 is 0. The maximum atomic E-state index is 14.4. The Labute approximate surface area is 254 Å². The summed E-state index contributed by atoms with van der Waals surface area (Å²) in [4.78, 5) is 29.6. The van der Waals surface area contributed by atoms with E-state index in [0.717, 1.165) is 27.1 Å². The van der Waals surface area contributed by atoms with Crippen LogP contribution < -0.4 is 14.4 Å². The van der Waals surface area contributed by atoms with E-state index in [2.05, 4.69) is 5.32 Å². The fraction of sp³-hybridized carbons (Fsp3) is 0.294. The van der Waals surface area contributed by atoms with Crippen molar-refractivity contribution in [2.24, 2.45) is 5.92 Å². The molecule has 9 heteroatoms. The van der Waals surface area contributed by atoms with Crippen LogP contribution in [0, 0.1) is 5.92 Å². The molecule has 0 aliphatic carbocycles. The lowest BCUT2D eigenvalue weighted by Gasteiger charge is -2.34. The van der Waals surface area contributed by atoms with Crippen molar-refractivity contribution in [2.75, 3.05) is 30.8 Å². The molecular formula is C34H39N3O5S. The Bertz CT molecular complexity index is 1650. The Morgan fingerprint density at radius 2 is 1.51 bits per heavy atom. The number of nitrogens with zero attached hydrogens (tertiary/aromatic N) is 2. The van der Waals surface area contributed by atoms with Crippen LogP contribution in [0.5, 0.6) is 5.75 Å². The van der Waals surface area contributed by atoms with E-state index in [-0.39, 0.29) is 24.8 Å². The minimum absolute atomic E-state index is 0.0791. The number of fused-ring (bicyclic) bond motifs is 1. The molecule has 1 N–H and O–H groups in total. The number of methoxy groups -OCH3 is 1. The van der Waals surface area contributed by atoms with Crippen molar-refractivity contribution in [3.63, 3.8) is 0 Å². The summed E-state index contributed by atoms with van der Waals surface area (Å²) in [6.07, 6.45) is 1.35. The molecule has 0 spiro atoms. The summed E-state index contributed by atoms with van der Waals surface area (Å²) in [6.45, 7) is 4.05. The zero-order valence-corrected chi connectivity index (χ0v) is 25.9. The number of carbonyl (C=O) groups excluding carboxylic acids is 2. The minimum Gasteiger partial charge on any atom is -0.497 e. The van der Waals surface area contributed by atoms with Crippen molar-refractivity contribution >= 4 is 38.3 Å². The quantitative estimate of drug-likeness (QED) is 0.232. The molecule has 0 aliphatic rings. The fourth-order valence-corrected chi connectivity index (χ4v) is 5.83. The van der Waals surface area contributed by atoms with Crippen LogP contribution in [0.2, 0.25) is 0 Å². The van der Waals surface area contributed by atoms with Gasteiger partial charge in [0, 0.05) is 24.9 Å². The molecule has 1 atom stereocenters. The van der Waals surface area contributed by atoms with Crippen molar-refractivity contribution < 1.29 is 22.7 Å². The van der Waals surface area contributed by atoms with Crippen molar-refractivity contribution in [1.29, 1.82) is 0 Å². The Morgan fingerprint density at radius 1 is 0.860 bits per heavy atom. The Kier molecular flexibility index (Phi) is 10.4. The highest BCUT2D eigenvalue weighted by atomic mass is 32.2. The van der Waals surface area contributed by atoms with E-state index in [4.69, 9.17) is 4.74 Å². The van der Waals surface area contributed by atoms with Gasteiger partial charge in [-0.15, -0.1) is 0 Å². The molecule has 0 aromatic heterocycles. The third-order valence-electron chi connectivity index (χ3n) is 7.16. The number of anilines is 1. The van der Waals surface area contributed by atoms with Crippen LogP contribution in [0.15, 0.2) is 97.1 Å². The molecule has 1 unspecified atom stereocenters. The summed E-state index contributed by atoms with van der Waals surface area (Å²) in [5.74, 6) is 0.0184. The largest absolute Gasteiger partial charge is 0.497 e. The lowest BCUT2D eigenvalue weighted by Crippen LogP contribution is -2.53. The summed E-state index contributed by atoms with van der Waals surface area (Å²) in [5, 5.41) is 4.55. The van der Waals surface area contributed by atoms with Gasteiger partial charge in [0.1, 0.15) is 18.3 Å². The van der Waals surface area contributed by atoms with E-state index in [1.165, 1.54) is 4.90 Å². The monoisotopic (exact) mass is 601 g/mol. The highest BCUT2D eigenvalue weighted by molar-refractivity contribution is 7.92. The van der Waals surface area contributed by atoms with E-state index >= 15 is 0 Å². The first kappa shape index (κ1) is 31.6. The van der Waals surface area contributed by atoms with Gasteiger partial charge in [0.2, 0.25) is 21.8 Å². The molecule has 4 rings (SSSR count). The molecule has 226 valence electrons. The smallest absolute Gasteiger partial charge is 0.244 e. The van der Waals surface area contributed by atoms with Gasteiger partial charge in [0.15, 0.2) is 0 Å².